The summed E-state index contributed by atoms with van der Waals surface area (Å²) in [5.74, 6) is 1.01. The van der Waals surface area contributed by atoms with E-state index < -0.39 is 0 Å². The molecule has 12 rings (SSSR count). The molecular weight excluding hydrogens is 707 g/mol. The highest BCUT2D eigenvalue weighted by molar-refractivity contribution is 6.07. The fraction of sp³-hybridized carbons (Fsp3) is 0.0909. The first kappa shape index (κ1) is 33.1. The summed E-state index contributed by atoms with van der Waals surface area (Å²) in [4.78, 5) is 2.46. The maximum atomic E-state index is 7.15. The van der Waals surface area contributed by atoms with Crippen LogP contribution < -0.4 is 9.64 Å². The van der Waals surface area contributed by atoms with E-state index in [4.69, 9.17) is 9.15 Å². The lowest BCUT2D eigenvalue weighted by Crippen LogP contribution is -2.21. The standard InChI is InChI=1S/C55H39NO2/c1-55(2)48-21-10-8-15-40(48)41-29-28-38(32-49(41)55)56(37-26-23-35(24-27-37)34-13-4-3-5-14-34)50-33-47-45-20-12-19-39(53(45)58-54(47)44-18-7-6-16-42(44)50)36-25-30-52-46(31-36)43-17-9-11-22-51(43)57-52/h3-33,45,53H,1-2H3. The highest BCUT2D eigenvalue weighted by atomic mass is 16.5. The Hall–Kier alpha value is -7.10. The molecule has 2 unspecified atom stereocenters. The van der Waals surface area contributed by atoms with Crippen LogP contribution in [-0.4, -0.2) is 6.10 Å². The molecule has 0 saturated carbocycles. The van der Waals surface area contributed by atoms with Gasteiger partial charge < -0.3 is 14.1 Å². The molecule has 0 spiro atoms. The van der Waals surface area contributed by atoms with Gasteiger partial charge in [-0.05, 0) is 87.5 Å². The second kappa shape index (κ2) is 12.4. The van der Waals surface area contributed by atoms with Crippen LogP contribution in [0.1, 0.15) is 42.0 Å². The minimum Gasteiger partial charge on any atom is -0.484 e. The first-order valence-electron chi connectivity index (χ1n) is 20.2. The number of nitrogens with zero attached hydrogens (tertiary/aromatic N) is 1. The second-order valence-electron chi connectivity index (χ2n) is 16.4. The Morgan fingerprint density at radius 2 is 1.19 bits per heavy atom. The fourth-order valence-electron chi connectivity index (χ4n) is 9.97. The summed E-state index contributed by atoms with van der Waals surface area (Å²) in [6.07, 6.45) is 6.59. The molecule has 2 heterocycles. The van der Waals surface area contributed by atoms with Crippen LogP contribution in [0.4, 0.5) is 17.1 Å². The van der Waals surface area contributed by atoms with Gasteiger partial charge in [0.05, 0.1) is 5.69 Å². The molecule has 0 saturated heterocycles. The van der Waals surface area contributed by atoms with Gasteiger partial charge in [0.25, 0.3) is 0 Å². The van der Waals surface area contributed by atoms with Crippen LogP contribution in [0.15, 0.2) is 193 Å². The summed E-state index contributed by atoms with van der Waals surface area (Å²) in [6, 6.07) is 61.6. The summed E-state index contributed by atoms with van der Waals surface area (Å²) < 4.78 is 13.3. The lowest BCUT2D eigenvalue weighted by Gasteiger charge is -2.30. The lowest BCUT2D eigenvalue weighted by atomic mass is 9.82. The summed E-state index contributed by atoms with van der Waals surface area (Å²) in [5, 5.41) is 4.52. The van der Waals surface area contributed by atoms with Crippen LogP contribution in [0.5, 0.6) is 5.75 Å². The average Bonchev–Trinajstić information content (AvgIpc) is 3.92. The Bertz CT molecular complexity index is 3180. The monoisotopic (exact) mass is 745 g/mol. The molecule has 2 aliphatic carbocycles. The molecule has 8 aromatic carbocycles. The van der Waals surface area contributed by atoms with Crippen LogP contribution in [0.2, 0.25) is 0 Å². The Morgan fingerprint density at radius 3 is 2.05 bits per heavy atom. The van der Waals surface area contributed by atoms with Gasteiger partial charge in [-0.1, -0.05) is 153 Å². The fourth-order valence-corrected chi connectivity index (χ4v) is 9.97. The highest BCUT2D eigenvalue weighted by Gasteiger charge is 2.40. The predicted molar refractivity (Wildman–Crippen MR) is 240 cm³/mol. The molecule has 2 atom stereocenters. The van der Waals surface area contributed by atoms with Gasteiger partial charge in [0.2, 0.25) is 0 Å². The van der Waals surface area contributed by atoms with Crippen molar-refractivity contribution in [1.82, 2.24) is 0 Å². The molecule has 3 aliphatic rings. The molecule has 0 bridgehead atoms. The van der Waals surface area contributed by atoms with Crippen LogP contribution >= 0.6 is 0 Å². The first-order chi connectivity index (χ1) is 28.5. The van der Waals surface area contributed by atoms with E-state index in [0.29, 0.717) is 0 Å². The number of allylic oxidation sites excluding steroid dienone is 2. The van der Waals surface area contributed by atoms with Gasteiger partial charge >= 0.3 is 0 Å². The molecule has 0 amide bonds. The SMILES string of the molecule is CC1(C)c2ccccc2-c2ccc(N(c3ccc(-c4ccccc4)cc3)c3cc4c(c5ccccc35)OC3C(c5ccc6oc7ccccc7c6c5)=CC=CC43)cc21. The molecule has 276 valence electrons. The van der Waals surface area contributed by atoms with Crippen molar-refractivity contribution in [3.05, 3.63) is 210 Å². The van der Waals surface area contributed by atoms with E-state index in [1.165, 1.54) is 44.5 Å². The third-order valence-electron chi connectivity index (χ3n) is 12.8. The molecule has 0 N–H and O–H groups in total. The Labute approximate surface area is 337 Å². The van der Waals surface area contributed by atoms with Gasteiger partial charge in [-0.2, -0.15) is 0 Å². The number of para-hydroxylation sites is 1. The minimum atomic E-state index is -0.160. The maximum absolute atomic E-state index is 7.15. The van der Waals surface area contributed by atoms with Crippen molar-refractivity contribution >= 4 is 55.3 Å². The number of hydrogen-bond donors (Lipinski definition) is 0. The van der Waals surface area contributed by atoms with Crippen LogP contribution in [-0.2, 0) is 5.41 Å². The topological polar surface area (TPSA) is 25.6 Å². The largest absolute Gasteiger partial charge is 0.484 e. The van der Waals surface area contributed by atoms with Gasteiger partial charge in [-0.3, -0.25) is 0 Å². The zero-order chi connectivity index (χ0) is 38.5. The number of fused-ring (bicyclic) bond motifs is 11. The molecular formula is C55H39NO2. The lowest BCUT2D eigenvalue weighted by molar-refractivity contribution is 0.281. The van der Waals surface area contributed by atoms with Gasteiger partial charge in [-0.15, -0.1) is 0 Å². The highest BCUT2D eigenvalue weighted by Crippen LogP contribution is 2.55. The van der Waals surface area contributed by atoms with Crippen molar-refractivity contribution in [2.45, 2.75) is 31.3 Å². The summed E-state index contributed by atoms with van der Waals surface area (Å²) in [7, 11) is 0. The van der Waals surface area contributed by atoms with Gasteiger partial charge in [0.1, 0.15) is 23.0 Å². The number of furan rings is 1. The molecule has 9 aromatic rings. The molecule has 0 fully saturated rings. The van der Waals surface area contributed by atoms with Gasteiger partial charge in [-0.25, -0.2) is 0 Å². The molecule has 3 nitrogen and oxygen atoms in total. The van der Waals surface area contributed by atoms with E-state index in [0.717, 1.165) is 61.1 Å². The number of benzene rings is 8. The third-order valence-corrected chi connectivity index (χ3v) is 12.8. The first-order valence-corrected chi connectivity index (χ1v) is 20.2. The maximum Gasteiger partial charge on any atom is 0.135 e. The second-order valence-corrected chi connectivity index (χ2v) is 16.4. The smallest absolute Gasteiger partial charge is 0.135 e. The van der Waals surface area contributed by atoms with Crippen LogP contribution in [0.25, 0.3) is 60.5 Å². The summed E-state index contributed by atoms with van der Waals surface area (Å²) in [6.45, 7) is 4.71. The Balaban J connectivity index is 1.02. The Morgan fingerprint density at radius 1 is 0.517 bits per heavy atom. The number of hydrogen-bond acceptors (Lipinski definition) is 3. The average molecular weight is 746 g/mol. The van der Waals surface area contributed by atoms with Crippen molar-refractivity contribution < 1.29 is 9.15 Å². The number of rotatable bonds is 5. The Kier molecular flexibility index (Phi) is 7.10. The summed E-state index contributed by atoms with van der Waals surface area (Å²) >= 11 is 0. The van der Waals surface area contributed by atoms with E-state index in [-0.39, 0.29) is 17.4 Å². The molecule has 1 aliphatic heterocycles. The molecule has 3 heteroatoms. The van der Waals surface area contributed by atoms with Crippen molar-refractivity contribution in [3.63, 3.8) is 0 Å². The van der Waals surface area contributed by atoms with Crippen LogP contribution in [0, 0.1) is 0 Å². The molecule has 0 radical (unpaired) electrons. The zero-order valence-corrected chi connectivity index (χ0v) is 32.3. The van der Waals surface area contributed by atoms with E-state index in [9.17, 15) is 0 Å². The van der Waals surface area contributed by atoms with Gasteiger partial charge in [0.15, 0.2) is 0 Å². The van der Waals surface area contributed by atoms with Crippen molar-refractivity contribution in [1.29, 1.82) is 0 Å². The van der Waals surface area contributed by atoms with Crippen LogP contribution in [0.3, 0.4) is 0 Å². The predicted octanol–water partition coefficient (Wildman–Crippen LogP) is 14.7. The molecule has 58 heavy (non-hydrogen) atoms. The quantitative estimate of drug-likeness (QED) is 0.175. The van der Waals surface area contributed by atoms with E-state index in [1.54, 1.807) is 0 Å². The van der Waals surface area contributed by atoms with Crippen molar-refractivity contribution in [2.75, 3.05) is 4.90 Å². The summed E-state index contributed by atoms with van der Waals surface area (Å²) in [5.41, 5.74) is 16.3. The van der Waals surface area contributed by atoms with Crippen molar-refractivity contribution in [3.8, 4) is 28.0 Å². The van der Waals surface area contributed by atoms with E-state index in [2.05, 4.69) is 195 Å². The minimum absolute atomic E-state index is 0.0471. The number of anilines is 3. The molecule has 1 aromatic heterocycles. The number of ether oxygens (including phenoxy) is 1. The zero-order valence-electron chi connectivity index (χ0n) is 32.3. The van der Waals surface area contributed by atoms with E-state index >= 15 is 0 Å². The third kappa shape index (κ3) is 4.86. The van der Waals surface area contributed by atoms with E-state index in [1.807, 2.05) is 12.1 Å². The van der Waals surface area contributed by atoms with Gasteiger partial charge in [0, 0.05) is 55.4 Å². The normalized spacial score (nSPS) is 17.1. The van der Waals surface area contributed by atoms with Crippen molar-refractivity contribution in [2.24, 2.45) is 0 Å².